The average molecular weight is 443 g/mol. The van der Waals surface area contributed by atoms with E-state index in [0.29, 0.717) is 6.42 Å². The molecule has 31 heavy (non-hydrogen) atoms. The van der Waals surface area contributed by atoms with Gasteiger partial charge in [0, 0.05) is 20.3 Å². The van der Waals surface area contributed by atoms with Gasteiger partial charge in [-0.15, -0.1) is 0 Å². The zero-order valence-corrected chi connectivity index (χ0v) is 20.1. The Labute approximate surface area is 189 Å². The Morgan fingerprint density at radius 3 is 1.68 bits per heavy atom. The molecule has 0 aliphatic rings. The van der Waals surface area contributed by atoms with Gasteiger partial charge < -0.3 is 14.9 Å². The Morgan fingerprint density at radius 2 is 1.23 bits per heavy atom. The smallest absolute Gasteiger partial charge is 0.305 e. The van der Waals surface area contributed by atoms with Crippen molar-refractivity contribution in [2.45, 2.75) is 117 Å². The van der Waals surface area contributed by atoms with Gasteiger partial charge in [-0.1, -0.05) is 70.4 Å². The van der Waals surface area contributed by atoms with Crippen LogP contribution in [-0.2, 0) is 19.1 Å². The minimum Gasteiger partial charge on any atom is -0.463 e. The Morgan fingerprint density at radius 1 is 0.774 bits per heavy atom. The van der Waals surface area contributed by atoms with Gasteiger partial charge in [0.05, 0.1) is 6.61 Å². The number of allylic oxidation sites excluding steroid dienone is 2. The predicted molar refractivity (Wildman–Crippen MR) is 125 cm³/mol. The van der Waals surface area contributed by atoms with Crippen LogP contribution in [0.1, 0.15) is 111 Å². The second-order valence-corrected chi connectivity index (χ2v) is 7.97. The number of hydrogen-bond donors (Lipinski definition) is 2. The molecule has 0 spiro atoms. The zero-order valence-electron chi connectivity index (χ0n) is 20.1. The predicted octanol–water partition coefficient (Wildman–Crippen LogP) is 5.08. The molecule has 0 radical (unpaired) electrons. The van der Waals surface area contributed by atoms with Crippen LogP contribution in [0.5, 0.6) is 0 Å². The molecule has 0 saturated heterocycles. The summed E-state index contributed by atoms with van der Waals surface area (Å²) in [4.78, 5) is 31.0. The van der Waals surface area contributed by atoms with Crippen LogP contribution in [0.4, 0.5) is 0 Å². The summed E-state index contributed by atoms with van der Waals surface area (Å²) in [5, 5.41) is 17.7. The third-order valence-electron chi connectivity index (χ3n) is 4.79. The van der Waals surface area contributed by atoms with Crippen molar-refractivity contribution in [1.29, 1.82) is 0 Å². The van der Waals surface area contributed by atoms with Crippen molar-refractivity contribution in [3.8, 4) is 0 Å². The van der Waals surface area contributed by atoms with Crippen molar-refractivity contribution in [3.63, 3.8) is 0 Å². The van der Waals surface area contributed by atoms with E-state index < -0.39 is 6.10 Å². The Balaban J connectivity index is 0. The lowest BCUT2D eigenvalue weighted by Crippen LogP contribution is -2.21. The minimum absolute atomic E-state index is 0.111. The number of carbonyl (C=O) groups is 3. The maximum atomic E-state index is 11.4. The molecule has 0 aromatic rings. The number of ether oxygens (including phenoxy) is 1. The molecule has 2 N–H and O–H groups in total. The van der Waals surface area contributed by atoms with Gasteiger partial charge >= 0.3 is 5.97 Å². The molecule has 0 rings (SSSR count). The van der Waals surface area contributed by atoms with E-state index in [4.69, 9.17) is 14.9 Å². The second-order valence-electron chi connectivity index (χ2n) is 7.97. The summed E-state index contributed by atoms with van der Waals surface area (Å²) in [6.07, 6.45) is 20.1. The SMILES string of the molecule is CC(=O)C(C)=O.CCCCCCCCC=CCCCCCCCC(=O)OCC(O)CO. The molecule has 0 aliphatic heterocycles. The van der Waals surface area contributed by atoms with Crippen molar-refractivity contribution in [3.05, 3.63) is 12.2 Å². The molecule has 1 atom stereocenters. The van der Waals surface area contributed by atoms with Crippen LogP contribution in [0.15, 0.2) is 12.2 Å². The Hall–Kier alpha value is -1.53. The number of aliphatic hydroxyl groups excluding tert-OH is 2. The highest BCUT2D eigenvalue weighted by Crippen LogP contribution is 2.10. The monoisotopic (exact) mass is 442 g/mol. The molecule has 1 unspecified atom stereocenters. The number of aliphatic hydroxyl groups is 2. The number of rotatable bonds is 19. The van der Waals surface area contributed by atoms with Crippen molar-refractivity contribution >= 4 is 17.5 Å². The van der Waals surface area contributed by atoms with Crippen LogP contribution in [0.25, 0.3) is 0 Å². The van der Waals surface area contributed by atoms with E-state index in [2.05, 4.69) is 19.1 Å². The highest BCUT2D eigenvalue weighted by atomic mass is 16.5. The molecular formula is C25H46O6. The third-order valence-corrected chi connectivity index (χ3v) is 4.79. The fraction of sp³-hybridized carbons (Fsp3) is 0.800. The normalized spacial score (nSPS) is 11.6. The highest BCUT2D eigenvalue weighted by Gasteiger charge is 2.07. The average Bonchev–Trinajstić information content (AvgIpc) is 2.75. The van der Waals surface area contributed by atoms with E-state index in [9.17, 15) is 14.4 Å². The first kappa shape index (κ1) is 31.7. The van der Waals surface area contributed by atoms with Crippen LogP contribution in [0.3, 0.4) is 0 Å². The number of unbranched alkanes of at least 4 members (excludes halogenated alkanes) is 11. The van der Waals surface area contributed by atoms with Crippen molar-refractivity contribution in [2.75, 3.05) is 13.2 Å². The van der Waals surface area contributed by atoms with E-state index in [-0.39, 0.29) is 30.7 Å². The van der Waals surface area contributed by atoms with E-state index >= 15 is 0 Å². The molecule has 6 nitrogen and oxygen atoms in total. The van der Waals surface area contributed by atoms with E-state index in [1.165, 1.54) is 71.6 Å². The highest BCUT2D eigenvalue weighted by molar-refractivity contribution is 6.35. The number of Topliss-reactive ketones (excluding diaryl/α,β-unsaturated/α-hetero) is 2. The number of carbonyl (C=O) groups excluding carboxylic acids is 3. The second kappa shape index (κ2) is 24.7. The van der Waals surface area contributed by atoms with Crippen molar-refractivity contribution in [1.82, 2.24) is 0 Å². The quantitative estimate of drug-likeness (QED) is 0.125. The molecule has 0 saturated carbocycles. The first-order valence-corrected chi connectivity index (χ1v) is 12.0. The fourth-order valence-electron chi connectivity index (χ4n) is 2.65. The minimum atomic E-state index is -0.960. The molecule has 0 aromatic heterocycles. The lowest BCUT2D eigenvalue weighted by Gasteiger charge is -2.08. The van der Waals surface area contributed by atoms with Gasteiger partial charge in [0.2, 0.25) is 0 Å². The number of esters is 1. The van der Waals surface area contributed by atoms with Crippen molar-refractivity contribution < 1.29 is 29.3 Å². The first-order valence-electron chi connectivity index (χ1n) is 12.0. The molecule has 0 bridgehead atoms. The Kier molecular flexibility index (Phi) is 25.3. The topological polar surface area (TPSA) is 101 Å². The van der Waals surface area contributed by atoms with Crippen LogP contribution < -0.4 is 0 Å². The molecular weight excluding hydrogens is 396 g/mol. The summed E-state index contributed by atoms with van der Waals surface area (Å²) in [5.41, 5.74) is 0. The maximum Gasteiger partial charge on any atom is 0.305 e. The lowest BCUT2D eigenvalue weighted by molar-refractivity contribution is -0.147. The molecule has 0 aromatic carbocycles. The molecule has 182 valence electrons. The zero-order chi connectivity index (χ0) is 23.7. The fourth-order valence-corrected chi connectivity index (χ4v) is 2.65. The van der Waals surface area contributed by atoms with Crippen LogP contribution in [-0.4, -0.2) is 47.1 Å². The van der Waals surface area contributed by atoms with Gasteiger partial charge in [-0.3, -0.25) is 14.4 Å². The molecule has 0 fully saturated rings. The van der Waals surface area contributed by atoms with Crippen LogP contribution in [0.2, 0.25) is 0 Å². The van der Waals surface area contributed by atoms with Crippen molar-refractivity contribution in [2.24, 2.45) is 0 Å². The molecule has 0 aliphatic carbocycles. The van der Waals surface area contributed by atoms with E-state index in [1.807, 2.05) is 0 Å². The number of hydrogen-bond acceptors (Lipinski definition) is 6. The number of ketones is 2. The van der Waals surface area contributed by atoms with Gasteiger partial charge in [0.15, 0.2) is 11.6 Å². The maximum absolute atomic E-state index is 11.4. The van der Waals surface area contributed by atoms with E-state index in [0.717, 1.165) is 25.7 Å². The first-order chi connectivity index (χ1) is 14.8. The summed E-state index contributed by atoms with van der Waals surface area (Å²) in [5.74, 6) is -1.05. The molecule has 0 amide bonds. The van der Waals surface area contributed by atoms with Crippen LogP contribution in [0, 0.1) is 0 Å². The third kappa shape index (κ3) is 28.5. The Bertz CT molecular complexity index is 461. The summed E-state index contributed by atoms with van der Waals surface area (Å²) in [6.45, 7) is 4.27. The summed E-state index contributed by atoms with van der Waals surface area (Å²) in [7, 11) is 0. The van der Waals surface area contributed by atoms with Crippen LogP contribution >= 0.6 is 0 Å². The standard InChI is InChI=1S/C21H40O4.C4H6O2/c1-2-3-4-5-6-7-8-9-10-11-12-13-14-15-16-17-21(24)25-19-20(23)18-22;1-3(5)4(2)6/h9-10,20,22-23H,2-8,11-19H2,1H3;1-2H3. The van der Waals surface area contributed by atoms with Gasteiger partial charge in [-0.05, 0) is 32.1 Å². The summed E-state index contributed by atoms with van der Waals surface area (Å²) >= 11 is 0. The summed E-state index contributed by atoms with van der Waals surface area (Å²) in [6, 6.07) is 0. The lowest BCUT2D eigenvalue weighted by atomic mass is 10.1. The molecule has 6 heteroatoms. The largest absolute Gasteiger partial charge is 0.463 e. The summed E-state index contributed by atoms with van der Waals surface area (Å²) < 4.78 is 4.86. The van der Waals surface area contributed by atoms with Gasteiger partial charge in [-0.25, -0.2) is 0 Å². The van der Waals surface area contributed by atoms with Gasteiger partial charge in [0.1, 0.15) is 12.7 Å². The van der Waals surface area contributed by atoms with Gasteiger partial charge in [-0.2, -0.15) is 0 Å². The molecule has 0 heterocycles. The van der Waals surface area contributed by atoms with Gasteiger partial charge in [0.25, 0.3) is 0 Å². The van der Waals surface area contributed by atoms with E-state index in [1.54, 1.807) is 0 Å².